The summed E-state index contributed by atoms with van der Waals surface area (Å²) in [7, 11) is 0. The van der Waals surface area contributed by atoms with E-state index in [9.17, 15) is 14.4 Å². The van der Waals surface area contributed by atoms with Crippen LogP contribution in [0, 0.1) is 0 Å². The summed E-state index contributed by atoms with van der Waals surface area (Å²) in [6.45, 7) is 7.13. The van der Waals surface area contributed by atoms with Gasteiger partial charge in [-0.1, -0.05) is 13.0 Å². The lowest BCUT2D eigenvalue weighted by Crippen LogP contribution is -2.44. The quantitative estimate of drug-likeness (QED) is 0.548. The van der Waals surface area contributed by atoms with Crippen LogP contribution >= 0.6 is 11.3 Å². The number of likely N-dealkylation sites (N-methyl/N-ethyl adjacent to an activating group) is 1. The van der Waals surface area contributed by atoms with Crippen LogP contribution in [-0.4, -0.2) is 66.4 Å². The Morgan fingerprint density at radius 3 is 2.62 bits per heavy atom. The summed E-state index contributed by atoms with van der Waals surface area (Å²) >= 11 is 1.38. The van der Waals surface area contributed by atoms with Gasteiger partial charge in [-0.25, -0.2) is 0 Å². The fourth-order valence-corrected chi connectivity index (χ4v) is 4.61. The summed E-state index contributed by atoms with van der Waals surface area (Å²) in [5, 5.41) is 4.70. The van der Waals surface area contributed by atoms with Gasteiger partial charge in [0.05, 0.1) is 17.9 Å². The minimum absolute atomic E-state index is 0.117. The normalized spacial score (nSPS) is 16.0. The number of nitrogens with one attached hydrogen (secondary N) is 1. The molecule has 1 saturated heterocycles. The minimum Gasteiger partial charge on any atom is -0.466 e. The van der Waals surface area contributed by atoms with Crippen LogP contribution in [0.3, 0.4) is 0 Å². The van der Waals surface area contributed by atoms with E-state index in [1.165, 1.54) is 11.3 Å². The molecule has 1 aromatic carbocycles. The lowest BCUT2D eigenvalue weighted by molar-refractivity contribution is -0.143. The first-order valence-corrected chi connectivity index (χ1v) is 12.0. The van der Waals surface area contributed by atoms with Crippen LogP contribution in [0.5, 0.6) is 0 Å². The summed E-state index contributed by atoms with van der Waals surface area (Å²) in [4.78, 5) is 42.2. The van der Waals surface area contributed by atoms with Gasteiger partial charge in [-0.2, -0.15) is 0 Å². The van der Waals surface area contributed by atoms with Crippen molar-refractivity contribution < 1.29 is 19.1 Å². The van der Waals surface area contributed by atoms with E-state index in [-0.39, 0.29) is 24.2 Å². The molecule has 1 unspecified atom stereocenters. The number of ether oxygens (including phenoxy) is 1. The average Bonchev–Trinajstić information content (AvgIpc) is 3.49. The van der Waals surface area contributed by atoms with Crippen LogP contribution in [-0.2, 0) is 9.53 Å². The van der Waals surface area contributed by atoms with E-state index >= 15 is 0 Å². The van der Waals surface area contributed by atoms with Gasteiger partial charge in [-0.05, 0) is 68.6 Å². The van der Waals surface area contributed by atoms with Crippen LogP contribution < -0.4 is 5.32 Å². The number of thiophene rings is 1. The number of carbonyl (C=O) groups is 3. The van der Waals surface area contributed by atoms with Crippen molar-refractivity contribution in [2.75, 3.05) is 38.1 Å². The molecule has 2 heterocycles. The predicted octanol–water partition coefficient (Wildman–Crippen LogP) is 3.88. The Labute approximate surface area is 193 Å². The Hall–Kier alpha value is -2.71. The number of benzene rings is 1. The molecule has 172 valence electrons. The first kappa shape index (κ1) is 23.9. The molecule has 0 aliphatic carbocycles. The highest BCUT2D eigenvalue weighted by atomic mass is 32.1. The topological polar surface area (TPSA) is 79.0 Å². The molecule has 2 amide bonds. The van der Waals surface area contributed by atoms with Gasteiger partial charge in [-0.3, -0.25) is 19.3 Å². The highest BCUT2D eigenvalue weighted by Crippen LogP contribution is 2.20. The molecule has 1 aliphatic heterocycles. The number of esters is 1. The first-order chi connectivity index (χ1) is 15.5. The van der Waals surface area contributed by atoms with Crippen LogP contribution in [0.4, 0.5) is 5.69 Å². The highest BCUT2D eigenvalue weighted by Gasteiger charge is 2.28. The Morgan fingerprint density at radius 1 is 1.19 bits per heavy atom. The van der Waals surface area contributed by atoms with Gasteiger partial charge in [0.1, 0.15) is 0 Å². The van der Waals surface area contributed by atoms with Gasteiger partial charge >= 0.3 is 5.97 Å². The molecule has 2 aromatic rings. The van der Waals surface area contributed by atoms with E-state index in [0.29, 0.717) is 41.9 Å². The van der Waals surface area contributed by atoms with Gasteiger partial charge < -0.3 is 15.0 Å². The molecule has 0 saturated carbocycles. The van der Waals surface area contributed by atoms with E-state index in [1.54, 1.807) is 42.2 Å². The second-order valence-corrected chi connectivity index (χ2v) is 8.69. The predicted molar refractivity (Wildman–Crippen MR) is 126 cm³/mol. The van der Waals surface area contributed by atoms with E-state index < -0.39 is 0 Å². The largest absolute Gasteiger partial charge is 0.466 e. The summed E-state index contributed by atoms with van der Waals surface area (Å²) in [5.41, 5.74) is 1.16. The van der Waals surface area contributed by atoms with E-state index in [2.05, 4.69) is 17.1 Å². The average molecular weight is 458 g/mol. The standard InChI is InChI=1S/C24H31N3O4S/c1-3-26-14-5-7-20(26)17-27(15-13-22(28)31-4-2)24(30)18-9-11-19(12-10-18)25-23(29)21-8-6-16-32-21/h6,8-12,16,20H,3-5,7,13-15,17H2,1-2H3,(H,25,29). The van der Waals surface area contributed by atoms with E-state index in [4.69, 9.17) is 4.74 Å². The molecule has 32 heavy (non-hydrogen) atoms. The SMILES string of the molecule is CCOC(=O)CCN(CC1CCCN1CC)C(=O)c1ccc(NC(=O)c2cccs2)cc1. The van der Waals surface area contributed by atoms with Crippen molar-refractivity contribution in [1.82, 2.24) is 9.80 Å². The number of hydrogen-bond donors (Lipinski definition) is 1. The zero-order valence-electron chi connectivity index (χ0n) is 18.7. The Kier molecular flexibility index (Phi) is 8.81. The molecule has 0 spiro atoms. The number of amides is 2. The molecular weight excluding hydrogens is 426 g/mol. The van der Waals surface area contributed by atoms with Crippen molar-refractivity contribution in [3.8, 4) is 0 Å². The van der Waals surface area contributed by atoms with Crippen molar-refractivity contribution in [3.63, 3.8) is 0 Å². The van der Waals surface area contributed by atoms with E-state index in [1.807, 2.05) is 11.4 Å². The molecule has 8 heteroatoms. The van der Waals surface area contributed by atoms with Gasteiger partial charge in [-0.15, -0.1) is 11.3 Å². The number of hydrogen-bond acceptors (Lipinski definition) is 6. The molecule has 7 nitrogen and oxygen atoms in total. The fourth-order valence-electron chi connectivity index (χ4n) is 3.99. The maximum Gasteiger partial charge on any atom is 0.307 e. The third-order valence-corrected chi connectivity index (χ3v) is 6.52. The zero-order valence-corrected chi connectivity index (χ0v) is 19.5. The molecule has 1 atom stereocenters. The lowest BCUT2D eigenvalue weighted by atomic mass is 10.1. The van der Waals surface area contributed by atoms with Crippen LogP contribution in [0.2, 0.25) is 0 Å². The monoisotopic (exact) mass is 457 g/mol. The Morgan fingerprint density at radius 2 is 1.97 bits per heavy atom. The summed E-state index contributed by atoms with van der Waals surface area (Å²) < 4.78 is 5.05. The minimum atomic E-state index is -0.296. The van der Waals surface area contributed by atoms with Crippen molar-refractivity contribution in [2.24, 2.45) is 0 Å². The Bertz CT molecular complexity index is 898. The van der Waals surface area contributed by atoms with Gasteiger partial charge in [0.2, 0.25) is 0 Å². The fraction of sp³-hybridized carbons (Fsp3) is 0.458. The number of anilines is 1. The molecule has 0 bridgehead atoms. The summed E-state index contributed by atoms with van der Waals surface area (Å²) in [6.07, 6.45) is 2.34. The summed E-state index contributed by atoms with van der Waals surface area (Å²) in [6, 6.07) is 10.8. The van der Waals surface area contributed by atoms with Crippen LogP contribution in [0.15, 0.2) is 41.8 Å². The molecule has 1 aromatic heterocycles. The van der Waals surface area contributed by atoms with Crippen molar-refractivity contribution >= 4 is 34.8 Å². The Balaban J connectivity index is 1.68. The maximum atomic E-state index is 13.3. The third kappa shape index (κ3) is 6.40. The molecule has 1 aliphatic rings. The van der Waals surface area contributed by atoms with Gasteiger partial charge in [0, 0.05) is 30.4 Å². The smallest absolute Gasteiger partial charge is 0.307 e. The number of rotatable bonds is 10. The number of nitrogens with zero attached hydrogens (tertiary/aromatic N) is 2. The zero-order chi connectivity index (χ0) is 22.9. The second kappa shape index (κ2) is 11.8. The molecule has 0 radical (unpaired) electrons. The van der Waals surface area contributed by atoms with Crippen molar-refractivity contribution in [1.29, 1.82) is 0 Å². The van der Waals surface area contributed by atoms with E-state index in [0.717, 1.165) is 25.9 Å². The van der Waals surface area contributed by atoms with Crippen LogP contribution in [0.1, 0.15) is 53.1 Å². The highest BCUT2D eigenvalue weighted by molar-refractivity contribution is 7.12. The molecule has 3 rings (SSSR count). The first-order valence-electron chi connectivity index (χ1n) is 11.2. The number of carbonyl (C=O) groups excluding carboxylic acids is 3. The molecular formula is C24H31N3O4S. The van der Waals surface area contributed by atoms with Crippen molar-refractivity contribution in [2.45, 2.75) is 39.2 Å². The summed E-state index contributed by atoms with van der Waals surface area (Å²) in [5.74, 6) is -0.583. The second-order valence-electron chi connectivity index (χ2n) is 7.74. The maximum absolute atomic E-state index is 13.3. The van der Waals surface area contributed by atoms with Crippen molar-refractivity contribution in [3.05, 3.63) is 52.2 Å². The van der Waals surface area contributed by atoms with Gasteiger partial charge in [0.25, 0.3) is 11.8 Å². The third-order valence-electron chi connectivity index (χ3n) is 5.65. The number of likely N-dealkylation sites (tertiary alicyclic amines) is 1. The van der Waals surface area contributed by atoms with Crippen LogP contribution in [0.25, 0.3) is 0 Å². The molecule has 1 N–H and O–H groups in total. The van der Waals surface area contributed by atoms with Gasteiger partial charge in [0.15, 0.2) is 0 Å². The lowest BCUT2D eigenvalue weighted by Gasteiger charge is -2.30. The molecule has 1 fully saturated rings.